The number of hydrogen-bond acceptors (Lipinski definition) is 5. The molecule has 6 heteroatoms. The highest BCUT2D eigenvalue weighted by Crippen LogP contribution is 2.40. The molecule has 1 heterocycles. The normalized spacial score (nSPS) is 17.6. The highest BCUT2D eigenvalue weighted by Gasteiger charge is 2.46. The average Bonchev–Trinajstić information content (AvgIpc) is 3.10. The molecule has 0 bridgehead atoms. The summed E-state index contributed by atoms with van der Waals surface area (Å²) in [6.45, 7) is 3.07. The summed E-state index contributed by atoms with van der Waals surface area (Å²) in [6, 6.07) is 19.8. The van der Waals surface area contributed by atoms with Gasteiger partial charge in [0, 0.05) is 19.2 Å². The maximum atomic E-state index is 13.1. The van der Waals surface area contributed by atoms with Crippen LogP contribution in [0.25, 0.3) is 16.5 Å². The molecular weight excluding hydrogens is 418 g/mol. The number of likely N-dealkylation sites (tertiary alicyclic amines) is 1. The number of Topliss-reactive ketones (excluding diaryl/α,β-unsaturated/α-hetero) is 1. The lowest BCUT2D eigenvalue weighted by atomic mass is 9.94. The molecule has 0 radical (unpaired) electrons. The standard InChI is InChI=1S/C27H27NO5/c1-3-14-33-22-10-6-9-20(17-22)24-23(26(30)27(31)28(24)13-15-32-2)25(29)21-12-11-18-7-4-5-8-19(18)16-21/h4-12,16-17,24,29H,3,13-15H2,1-2H3/b25-23-. The topological polar surface area (TPSA) is 76.1 Å². The van der Waals surface area contributed by atoms with Crippen LogP contribution in [0.5, 0.6) is 5.75 Å². The number of benzene rings is 3. The van der Waals surface area contributed by atoms with Gasteiger partial charge in [-0.3, -0.25) is 9.59 Å². The summed E-state index contributed by atoms with van der Waals surface area (Å²) in [5.41, 5.74) is 1.25. The van der Waals surface area contributed by atoms with Crippen molar-refractivity contribution >= 4 is 28.2 Å². The number of aliphatic hydroxyl groups is 1. The van der Waals surface area contributed by atoms with Crippen molar-refractivity contribution < 1.29 is 24.2 Å². The van der Waals surface area contributed by atoms with E-state index in [2.05, 4.69) is 0 Å². The van der Waals surface area contributed by atoms with Crippen LogP contribution < -0.4 is 4.74 Å². The van der Waals surface area contributed by atoms with E-state index in [1.54, 1.807) is 13.2 Å². The van der Waals surface area contributed by atoms with Gasteiger partial charge in [-0.1, -0.05) is 55.5 Å². The maximum Gasteiger partial charge on any atom is 0.295 e. The molecule has 1 fully saturated rings. The molecule has 3 aromatic carbocycles. The number of ketones is 1. The van der Waals surface area contributed by atoms with Crippen molar-refractivity contribution in [2.75, 3.05) is 26.9 Å². The van der Waals surface area contributed by atoms with E-state index in [1.807, 2.05) is 67.6 Å². The highest BCUT2D eigenvalue weighted by atomic mass is 16.5. The van der Waals surface area contributed by atoms with E-state index in [0.717, 1.165) is 17.2 Å². The molecule has 1 atom stereocenters. The fourth-order valence-electron chi connectivity index (χ4n) is 4.13. The Kier molecular flexibility index (Phi) is 6.75. The third kappa shape index (κ3) is 4.47. The first kappa shape index (κ1) is 22.6. The number of carbonyl (C=O) groups excluding carboxylic acids is 2. The highest BCUT2D eigenvalue weighted by molar-refractivity contribution is 6.46. The second kappa shape index (κ2) is 9.88. The number of methoxy groups -OCH3 is 1. The largest absolute Gasteiger partial charge is 0.507 e. The summed E-state index contributed by atoms with van der Waals surface area (Å²) < 4.78 is 10.9. The van der Waals surface area contributed by atoms with E-state index >= 15 is 0 Å². The SMILES string of the molecule is CCCOc1cccc(C2/C(=C(/O)c3ccc4ccccc4c3)C(=O)C(=O)N2CCOC)c1. The number of aliphatic hydroxyl groups excluding tert-OH is 1. The molecule has 1 aliphatic rings. The van der Waals surface area contributed by atoms with E-state index in [4.69, 9.17) is 9.47 Å². The van der Waals surface area contributed by atoms with Crippen molar-refractivity contribution in [2.45, 2.75) is 19.4 Å². The van der Waals surface area contributed by atoms with Gasteiger partial charge in [0.25, 0.3) is 11.7 Å². The minimum absolute atomic E-state index is 0.0685. The van der Waals surface area contributed by atoms with Crippen LogP contribution >= 0.6 is 0 Å². The predicted molar refractivity (Wildman–Crippen MR) is 127 cm³/mol. The minimum atomic E-state index is -0.739. The van der Waals surface area contributed by atoms with E-state index in [-0.39, 0.29) is 24.5 Å². The molecule has 0 aromatic heterocycles. The van der Waals surface area contributed by atoms with Crippen LogP contribution in [-0.2, 0) is 14.3 Å². The molecule has 1 saturated heterocycles. The van der Waals surface area contributed by atoms with Crippen LogP contribution in [0, 0.1) is 0 Å². The van der Waals surface area contributed by atoms with Gasteiger partial charge in [0.15, 0.2) is 0 Å². The smallest absolute Gasteiger partial charge is 0.295 e. The van der Waals surface area contributed by atoms with Gasteiger partial charge in [-0.15, -0.1) is 0 Å². The van der Waals surface area contributed by atoms with Gasteiger partial charge in [0.2, 0.25) is 0 Å². The molecule has 33 heavy (non-hydrogen) atoms. The second-order valence-corrected chi connectivity index (χ2v) is 7.97. The van der Waals surface area contributed by atoms with Crippen molar-refractivity contribution in [1.82, 2.24) is 4.90 Å². The number of rotatable bonds is 8. The fraction of sp³-hybridized carbons (Fsp3) is 0.259. The van der Waals surface area contributed by atoms with Crippen LogP contribution in [-0.4, -0.2) is 48.6 Å². The van der Waals surface area contributed by atoms with Gasteiger partial charge in [-0.2, -0.15) is 0 Å². The summed E-state index contributed by atoms with van der Waals surface area (Å²) in [5.74, 6) is -0.901. The van der Waals surface area contributed by atoms with Gasteiger partial charge in [-0.25, -0.2) is 0 Å². The van der Waals surface area contributed by atoms with Crippen molar-refractivity contribution in [3.8, 4) is 5.75 Å². The zero-order valence-electron chi connectivity index (χ0n) is 18.8. The Morgan fingerprint density at radius 3 is 2.52 bits per heavy atom. The number of ether oxygens (including phenoxy) is 2. The van der Waals surface area contributed by atoms with Crippen LogP contribution in [0.1, 0.15) is 30.5 Å². The van der Waals surface area contributed by atoms with Gasteiger partial charge in [0.05, 0.1) is 24.8 Å². The monoisotopic (exact) mass is 445 g/mol. The van der Waals surface area contributed by atoms with Crippen molar-refractivity contribution in [1.29, 1.82) is 0 Å². The first-order valence-corrected chi connectivity index (χ1v) is 11.0. The summed E-state index contributed by atoms with van der Waals surface area (Å²) >= 11 is 0. The molecule has 170 valence electrons. The molecule has 0 spiro atoms. The average molecular weight is 446 g/mol. The summed E-state index contributed by atoms with van der Waals surface area (Å²) in [5, 5.41) is 13.2. The lowest BCUT2D eigenvalue weighted by Gasteiger charge is -2.25. The summed E-state index contributed by atoms with van der Waals surface area (Å²) in [7, 11) is 1.54. The molecule has 4 rings (SSSR count). The quantitative estimate of drug-likeness (QED) is 0.309. The third-order valence-electron chi connectivity index (χ3n) is 5.75. The Bertz CT molecular complexity index is 1220. The summed E-state index contributed by atoms with van der Waals surface area (Å²) in [6.07, 6.45) is 0.860. The van der Waals surface area contributed by atoms with Gasteiger partial charge in [0.1, 0.15) is 11.5 Å². The maximum absolute atomic E-state index is 13.1. The molecule has 1 N–H and O–H groups in total. The molecule has 3 aromatic rings. The van der Waals surface area contributed by atoms with Crippen LogP contribution in [0.3, 0.4) is 0 Å². The van der Waals surface area contributed by atoms with Gasteiger partial charge < -0.3 is 19.5 Å². The zero-order valence-corrected chi connectivity index (χ0v) is 18.8. The number of amides is 1. The first-order chi connectivity index (χ1) is 16.0. The second-order valence-electron chi connectivity index (χ2n) is 7.97. The van der Waals surface area contributed by atoms with E-state index in [1.165, 1.54) is 4.90 Å². The Labute approximate surface area is 193 Å². The van der Waals surface area contributed by atoms with Crippen molar-refractivity contribution in [3.05, 3.63) is 83.4 Å². The van der Waals surface area contributed by atoms with Crippen LogP contribution in [0.4, 0.5) is 0 Å². The Morgan fingerprint density at radius 2 is 1.76 bits per heavy atom. The number of nitrogens with zero attached hydrogens (tertiary/aromatic N) is 1. The van der Waals surface area contributed by atoms with E-state index in [0.29, 0.717) is 23.5 Å². The minimum Gasteiger partial charge on any atom is -0.507 e. The predicted octanol–water partition coefficient (Wildman–Crippen LogP) is 4.70. The Hall–Kier alpha value is -3.64. The first-order valence-electron chi connectivity index (χ1n) is 11.0. The third-order valence-corrected chi connectivity index (χ3v) is 5.75. The molecule has 6 nitrogen and oxygen atoms in total. The molecule has 0 saturated carbocycles. The molecule has 1 amide bonds. The van der Waals surface area contributed by atoms with Crippen LogP contribution in [0.15, 0.2) is 72.3 Å². The molecule has 0 aliphatic carbocycles. The Balaban J connectivity index is 1.84. The lowest BCUT2D eigenvalue weighted by Crippen LogP contribution is -2.32. The molecule has 1 aliphatic heterocycles. The van der Waals surface area contributed by atoms with Crippen LogP contribution in [0.2, 0.25) is 0 Å². The zero-order chi connectivity index (χ0) is 23.4. The number of hydrogen-bond donors (Lipinski definition) is 1. The Morgan fingerprint density at radius 1 is 0.970 bits per heavy atom. The lowest BCUT2D eigenvalue weighted by molar-refractivity contribution is -0.140. The van der Waals surface area contributed by atoms with Gasteiger partial charge in [-0.05, 0) is 41.0 Å². The fourth-order valence-corrected chi connectivity index (χ4v) is 4.13. The van der Waals surface area contributed by atoms with Crippen molar-refractivity contribution in [2.24, 2.45) is 0 Å². The van der Waals surface area contributed by atoms with Crippen molar-refractivity contribution in [3.63, 3.8) is 0 Å². The van der Waals surface area contributed by atoms with Gasteiger partial charge >= 0.3 is 0 Å². The number of fused-ring (bicyclic) bond motifs is 1. The van der Waals surface area contributed by atoms with E-state index in [9.17, 15) is 14.7 Å². The summed E-state index contributed by atoms with van der Waals surface area (Å²) in [4.78, 5) is 27.5. The van der Waals surface area contributed by atoms with E-state index < -0.39 is 17.7 Å². The molecule has 1 unspecified atom stereocenters. The molecular formula is C27H27NO5. The number of carbonyl (C=O) groups is 2.